The van der Waals surface area contributed by atoms with E-state index >= 15 is 0 Å². The van der Waals surface area contributed by atoms with Gasteiger partial charge < -0.3 is 0 Å². The van der Waals surface area contributed by atoms with Gasteiger partial charge in [-0.05, 0) is 37.1 Å². The molecule has 0 bridgehead atoms. The predicted molar refractivity (Wildman–Crippen MR) is 96.8 cm³/mol. The highest BCUT2D eigenvalue weighted by Crippen LogP contribution is 2.05. The third kappa shape index (κ3) is 2.97. The quantitative estimate of drug-likeness (QED) is 0.506. The van der Waals surface area contributed by atoms with E-state index in [2.05, 4.69) is 20.6 Å². The molecule has 2 heterocycles. The highest BCUT2D eigenvalue weighted by Gasteiger charge is 2.06. The summed E-state index contributed by atoms with van der Waals surface area (Å²) >= 11 is 0. The van der Waals surface area contributed by atoms with Gasteiger partial charge in [0.05, 0.1) is 10.8 Å². The standard InChI is InChI=1S/C18H16N6O2/c25-17-13-7-1-3-9-15(13)19-21-23(17)11-5-6-12-24-18(26)14-8-2-4-10-16(14)20-22-24/h1-4,7-10H,5-6,11-12H2. The molecule has 2 aromatic heterocycles. The number of unbranched alkanes of at least 4 members (excludes halogenated alkanes) is 1. The molecule has 0 atom stereocenters. The Kier molecular flexibility index (Phi) is 4.22. The molecule has 26 heavy (non-hydrogen) atoms. The molecule has 4 rings (SSSR count). The van der Waals surface area contributed by atoms with Crippen LogP contribution in [0.5, 0.6) is 0 Å². The van der Waals surface area contributed by atoms with Gasteiger partial charge in [0.1, 0.15) is 11.0 Å². The van der Waals surface area contributed by atoms with E-state index in [1.165, 1.54) is 9.36 Å². The Morgan fingerprint density at radius 2 is 1.08 bits per heavy atom. The maximum atomic E-state index is 12.4. The summed E-state index contributed by atoms with van der Waals surface area (Å²) in [6.45, 7) is 0.874. The molecule has 8 nitrogen and oxygen atoms in total. The summed E-state index contributed by atoms with van der Waals surface area (Å²) in [5.41, 5.74) is 0.870. The fourth-order valence-electron chi connectivity index (χ4n) is 2.86. The van der Waals surface area contributed by atoms with Gasteiger partial charge in [-0.15, -0.1) is 10.2 Å². The normalized spacial score (nSPS) is 11.2. The maximum absolute atomic E-state index is 12.4. The minimum atomic E-state index is -0.154. The third-order valence-electron chi connectivity index (χ3n) is 4.25. The van der Waals surface area contributed by atoms with Gasteiger partial charge in [-0.1, -0.05) is 34.7 Å². The minimum Gasteiger partial charge on any atom is -0.267 e. The van der Waals surface area contributed by atoms with E-state index in [9.17, 15) is 9.59 Å². The number of hydrogen-bond donors (Lipinski definition) is 0. The van der Waals surface area contributed by atoms with E-state index in [4.69, 9.17) is 0 Å². The summed E-state index contributed by atoms with van der Waals surface area (Å²) in [5.74, 6) is 0. The van der Waals surface area contributed by atoms with Crippen LogP contribution in [0.1, 0.15) is 12.8 Å². The average molecular weight is 348 g/mol. The van der Waals surface area contributed by atoms with Crippen molar-refractivity contribution in [3.63, 3.8) is 0 Å². The van der Waals surface area contributed by atoms with Crippen LogP contribution in [0.2, 0.25) is 0 Å². The van der Waals surface area contributed by atoms with E-state index in [0.717, 1.165) is 0 Å². The highest BCUT2D eigenvalue weighted by molar-refractivity contribution is 5.77. The van der Waals surface area contributed by atoms with Crippen molar-refractivity contribution in [2.24, 2.45) is 0 Å². The van der Waals surface area contributed by atoms with E-state index in [1.54, 1.807) is 36.4 Å². The third-order valence-corrected chi connectivity index (χ3v) is 4.25. The smallest absolute Gasteiger partial charge is 0.267 e. The second-order valence-electron chi connectivity index (χ2n) is 5.98. The monoisotopic (exact) mass is 348 g/mol. The van der Waals surface area contributed by atoms with E-state index in [1.807, 2.05) is 12.1 Å². The second-order valence-corrected chi connectivity index (χ2v) is 5.98. The number of fused-ring (bicyclic) bond motifs is 2. The van der Waals surface area contributed by atoms with Gasteiger partial charge in [-0.25, -0.2) is 9.36 Å². The Labute approximate surface area is 147 Å². The molecule has 0 aliphatic carbocycles. The van der Waals surface area contributed by atoms with Gasteiger partial charge in [0.2, 0.25) is 0 Å². The number of benzene rings is 2. The number of hydrogen-bond acceptors (Lipinski definition) is 6. The largest absolute Gasteiger partial charge is 0.277 e. The second kappa shape index (κ2) is 6.83. The Morgan fingerprint density at radius 1 is 0.654 bits per heavy atom. The topological polar surface area (TPSA) is 95.6 Å². The summed E-state index contributed by atoms with van der Waals surface area (Å²) in [4.78, 5) is 24.8. The molecular weight excluding hydrogens is 332 g/mol. The summed E-state index contributed by atoms with van der Waals surface area (Å²) in [5, 5.41) is 17.2. The van der Waals surface area contributed by atoms with Gasteiger partial charge in [0.25, 0.3) is 11.1 Å². The van der Waals surface area contributed by atoms with Crippen molar-refractivity contribution in [1.29, 1.82) is 0 Å². The molecule has 2 aromatic carbocycles. The Morgan fingerprint density at radius 3 is 1.54 bits per heavy atom. The molecule has 4 aromatic rings. The lowest BCUT2D eigenvalue weighted by atomic mass is 10.2. The Bertz CT molecular complexity index is 1100. The van der Waals surface area contributed by atoms with Crippen LogP contribution >= 0.6 is 0 Å². The Balaban J connectivity index is 1.45. The van der Waals surface area contributed by atoms with Crippen molar-refractivity contribution in [1.82, 2.24) is 30.0 Å². The lowest BCUT2D eigenvalue weighted by Crippen LogP contribution is -2.26. The average Bonchev–Trinajstić information content (AvgIpc) is 2.68. The number of aryl methyl sites for hydroxylation is 2. The van der Waals surface area contributed by atoms with Gasteiger partial charge in [-0.2, -0.15) is 0 Å². The van der Waals surface area contributed by atoms with Crippen molar-refractivity contribution in [2.45, 2.75) is 25.9 Å². The fourth-order valence-corrected chi connectivity index (χ4v) is 2.86. The first-order valence-electron chi connectivity index (χ1n) is 8.39. The van der Waals surface area contributed by atoms with E-state index in [0.29, 0.717) is 47.7 Å². The van der Waals surface area contributed by atoms with Crippen LogP contribution in [0.3, 0.4) is 0 Å². The number of rotatable bonds is 5. The molecule has 0 aliphatic heterocycles. The van der Waals surface area contributed by atoms with Gasteiger partial charge >= 0.3 is 0 Å². The lowest BCUT2D eigenvalue weighted by molar-refractivity contribution is 0.460. The highest BCUT2D eigenvalue weighted by atomic mass is 16.1. The first kappa shape index (κ1) is 16.1. The molecule has 0 saturated heterocycles. The van der Waals surface area contributed by atoms with Crippen molar-refractivity contribution in [3.8, 4) is 0 Å². The molecule has 0 saturated carbocycles. The first-order valence-corrected chi connectivity index (χ1v) is 8.39. The summed E-state index contributed by atoms with van der Waals surface area (Å²) < 4.78 is 2.72. The van der Waals surface area contributed by atoms with Gasteiger partial charge in [-0.3, -0.25) is 9.59 Å². The SMILES string of the molecule is O=c1c2ccccc2nnn1CCCCn1nnc2ccccc2c1=O. The summed E-state index contributed by atoms with van der Waals surface area (Å²) in [6, 6.07) is 14.3. The van der Waals surface area contributed by atoms with Crippen LogP contribution in [0.15, 0.2) is 58.1 Å². The van der Waals surface area contributed by atoms with Crippen LogP contribution < -0.4 is 11.1 Å². The van der Waals surface area contributed by atoms with Crippen molar-refractivity contribution in [3.05, 3.63) is 69.2 Å². The van der Waals surface area contributed by atoms with Crippen LogP contribution in [0, 0.1) is 0 Å². The molecular formula is C18H16N6O2. The van der Waals surface area contributed by atoms with E-state index < -0.39 is 0 Å². The molecule has 130 valence electrons. The molecule has 0 N–H and O–H groups in total. The zero-order chi connectivity index (χ0) is 17.9. The lowest BCUT2D eigenvalue weighted by Gasteiger charge is -2.06. The fraction of sp³-hybridized carbons (Fsp3) is 0.222. The van der Waals surface area contributed by atoms with Gasteiger partial charge in [0, 0.05) is 13.1 Å². The van der Waals surface area contributed by atoms with Crippen molar-refractivity contribution in [2.75, 3.05) is 0 Å². The molecule has 0 radical (unpaired) electrons. The van der Waals surface area contributed by atoms with Crippen molar-refractivity contribution < 1.29 is 0 Å². The molecule has 0 amide bonds. The number of aromatic nitrogens is 6. The van der Waals surface area contributed by atoms with Crippen LogP contribution in [0.25, 0.3) is 21.8 Å². The minimum absolute atomic E-state index is 0.154. The van der Waals surface area contributed by atoms with Gasteiger partial charge in [0.15, 0.2) is 0 Å². The van der Waals surface area contributed by atoms with Crippen molar-refractivity contribution >= 4 is 21.8 Å². The summed E-state index contributed by atoms with van der Waals surface area (Å²) in [7, 11) is 0. The number of nitrogens with zero attached hydrogens (tertiary/aromatic N) is 6. The molecule has 0 aliphatic rings. The zero-order valence-electron chi connectivity index (χ0n) is 13.9. The molecule has 8 heteroatoms. The molecule has 0 spiro atoms. The molecule has 0 fully saturated rings. The molecule has 0 unspecified atom stereocenters. The summed E-state index contributed by atoms with van der Waals surface area (Å²) in [6.07, 6.45) is 1.35. The maximum Gasteiger partial charge on any atom is 0.277 e. The Hall–Kier alpha value is -3.42. The van der Waals surface area contributed by atoms with Crippen LogP contribution in [0.4, 0.5) is 0 Å². The van der Waals surface area contributed by atoms with Crippen LogP contribution in [-0.4, -0.2) is 30.0 Å². The zero-order valence-corrected chi connectivity index (χ0v) is 13.9. The van der Waals surface area contributed by atoms with E-state index in [-0.39, 0.29) is 11.1 Å². The first-order chi connectivity index (χ1) is 12.7. The van der Waals surface area contributed by atoms with Crippen LogP contribution in [-0.2, 0) is 13.1 Å². The predicted octanol–water partition coefficient (Wildman–Crippen LogP) is 1.38.